The Morgan fingerprint density at radius 3 is 2.05 bits per heavy atom. The molecule has 0 aromatic heterocycles. The van der Waals surface area contributed by atoms with Gasteiger partial charge < -0.3 is 8.99 Å². The maximum absolute atomic E-state index is 6.82. The summed E-state index contributed by atoms with van der Waals surface area (Å²) in [5.41, 5.74) is 2.16. The van der Waals surface area contributed by atoms with Gasteiger partial charge in [-0.1, -0.05) is 53.8 Å². The third-order valence-electron chi connectivity index (χ3n) is 4.57. The second-order valence-corrected chi connectivity index (χ2v) is 20.0. The molecule has 2 nitrogen and oxygen atoms in total. The van der Waals surface area contributed by atoms with Crippen LogP contribution in [0.3, 0.4) is 0 Å². The maximum Gasteiger partial charge on any atom is 0.193 e. The Labute approximate surface area is 138 Å². The Bertz CT molecular complexity index is 318. The molecule has 0 aromatic carbocycles. The van der Waals surface area contributed by atoms with Gasteiger partial charge in [0.2, 0.25) is 0 Å². The highest BCUT2D eigenvalue weighted by molar-refractivity contribution is 6.76. The van der Waals surface area contributed by atoms with Crippen molar-refractivity contribution in [1.29, 1.82) is 0 Å². The van der Waals surface area contributed by atoms with Crippen molar-refractivity contribution in [2.75, 3.05) is 6.54 Å². The monoisotopic (exact) mass is 345 g/mol. The Hall–Kier alpha value is 0.311. The number of hydrogen-bond donors (Lipinski definition) is 0. The first-order valence-corrected chi connectivity index (χ1v) is 16.4. The lowest BCUT2D eigenvalue weighted by molar-refractivity contribution is 0.133. The second-order valence-electron chi connectivity index (χ2n) is 8.57. The summed E-state index contributed by atoms with van der Waals surface area (Å²) in [6.45, 7) is 26.6. The van der Waals surface area contributed by atoms with Gasteiger partial charge >= 0.3 is 0 Å². The average molecular weight is 346 g/mol. The maximum atomic E-state index is 6.82. The lowest BCUT2D eigenvalue weighted by Gasteiger charge is -2.46. The van der Waals surface area contributed by atoms with E-state index in [0.717, 1.165) is 0 Å². The van der Waals surface area contributed by atoms with Crippen molar-refractivity contribution in [2.45, 2.75) is 84.2 Å². The standard InChI is InChI=1S/C16H39NOSi3/c1-11-13-14-17(20(6,7)8)15(19-12-2)18-21(9,10)16(3,4)5/h12,15H,2,11,13-14,19H2,1,3-10H3. The zero-order chi connectivity index (χ0) is 16.9. The predicted octanol–water partition coefficient (Wildman–Crippen LogP) is 4.54. The SMILES string of the molecule is C=C[SiH2]C(O[Si](C)(C)C(C)(C)C)N(CCCC)[Si](C)(C)C. The summed E-state index contributed by atoms with van der Waals surface area (Å²) in [6, 6.07) is 0. The number of nitrogens with zero attached hydrogens (tertiary/aromatic N) is 1. The van der Waals surface area contributed by atoms with Crippen LogP contribution in [0.1, 0.15) is 40.5 Å². The van der Waals surface area contributed by atoms with Crippen molar-refractivity contribution >= 4 is 26.1 Å². The molecule has 0 N–H and O–H groups in total. The zero-order valence-electron chi connectivity index (χ0n) is 16.0. The van der Waals surface area contributed by atoms with Gasteiger partial charge in [0.15, 0.2) is 8.32 Å². The third-order valence-corrected chi connectivity index (χ3v) is 13.3. The van der Waals surface area contributed by atoms with Gasteiger partial charge in [0.1, 0.15) is 8.24 Å². The molecule has 0 fully saturated rings. The molecule has 5 heteroatoms. The van der Waals surface area contributed by atoms with E-state index in [4.69, 9.17) is 4.43 Å². The van der Waals surface area contributed by atoms with Crippen molar-refractivity contribution in [3.63, 3.8) is 0 Å². The minimum absolute atomic E-state index is 0.274. The fourth-order valence-electron chi connectivity index (χ4n) is 2.14. The summed E-state index contributed by atoms with van der Waals surface area (Å²) in [4.78, 5) is 0. The van der Waals surface area contributed by atoms with Crippen molar-refractivity contribution in [1.82, 2.24) is 4.57 Å². The van der Waals surface area contributed by atoms with Gasteiger partial charge in [-0.05, 0) is 31.1 Å². The van der Waals surface area contributed by atoms with Gasteiger partial charge in [0.25, 0.3) is 0 Å². The van der Waals surface area contributed by atoms with E-state index in [1.54, 1.807) is 0 Å². The minimum Gasteiger partial charge on any atom is -0.406 e. The fourth-order valence-corrected chi connectivity index (χ4v) is 9.47. The molecule has 0 aliphatic heterocycles. The van der Waals surface area contributed by atoms with E-state index in [2.05, 4.69) is 77.3 Å². The van der Waals surface area contributed by atoms with Crippen LogP contribution in [0.4, 0.5) is 0 Å². The van der Waals surface area contributed by atoms with Gasteiger partial charge in [-0.25, -0.2) is 0 Å². The first kappa shape index (κ1) is 21.3. The normalized spacial score (nSPS) is 15.9. The van der Waals surface area contributed by atoms with E-state index >= 15 is 0 Å². The van der Waals surface area contributed by atoms with Crippen LogP contribution >= 0.6 is 0 Å². The Kier molecular flexibility index (Phi) is 8.37. The van der Waals surface area contributed by atoms with Crippen molar-refractivity contribution in [3.8, 4) is 0 Å². The lowest BCUT2D eigenvalue weighted by Crippen LogP contribution is -2.59. The van der Waals surface area contributed by atoms with Crippen molar-refractivity contribution in [2.24, 2.45) is 0 Å². The van der Waals surface area contributed by atoms with E-state index in [1.165, 1.54) is 19.4 Å². The van der Waals surface area contributed by atoms with Gasteiger partial charge in [0.05, 0.1) is 15.4 Å². The molecule has 0 aliphatic rings. The van der Waals surface area contributed by atoms with Gasteiger partial charge in [-0.15, -0.1) is 12.3 Å². The van der Waals surface area contributed by atoms with E-state index < -0.39 is 26.1 Å². The molecule has 0 radical (unpaired) electrons. The molecular weight excluding hydrogens is 306 g/mol. The quantitative estimate of drug-likeness (QED) is 0.449. The molecule has 0 aliphatic carbocycles. The van der Waals surface area contributed by atoms with Gasteiger partial charge in [-0.2, -0.15) is 0 Å². The molecule has 0 heterocycles. The lowest BCUT2D eigenvalue weighted by atomic mass is 10.2. The largest absolute Gasteiger partial charge is 0.406 e. The highest BCUT2D eigenvalue weighted by Gasteiger charge is 2.41. The van der Waals surface area contributed by atoms with E-state index in [0.29, 0.717) is 5.85 Å². The highest BCUT2D eigenvalue weighted by atomic mass is 28.4. The number of rotatable bonds is 9. The van der Waals surface area contributed by atoms with Crippen LogP contribution in [0.2, 0.25) is 37.8 Å². The summed E-state index contributed by atoms with van der Waals surface area (Å²) in [5.74, 6) is 0.349. The molecule has 126 valence electrons. The van der Waals surface area contributed by atoms with Crippen molar-refractivity contribution < 1.29 is 4.43 Å². The molecular formula is C16H39NOSi3. The number of hydrogen-bond acceptors (Lipinski definition) is 2. The molecule has 0 saturated carbocycles. The molecule has 0 amide bonds. The molecule has 1 atom stereocenters. The fraction of sp³-hybridized carbons (Fsp3) is 0.875. The third kappa shape index (κ3) is 6.95. The Morgan fingerprint density at radius 1 is 1.19 bits per heavy atom. The second kappa shape index (κ2) is 8.24. The molecule has 0 rings (SSSR count). The smallest absolute Gasteiger partial charge is 0.193 e. The molecule has 1 unspecified atom stereocenters. The minimum atomic E-state index is -1.72. The highest BCUT2D eigenvalue weighted by Crippen LogP contribution is 2.38. The predicted molar refractivity (Wildman–Crippen MR) is 106 cm³/mol. The summed E-state index contributed by atoms with van der Waals surface area (Å²) in [7, 11) is -3.50. The van der Waals surface area contributed by atoms with Crippen LogP contribution in [0, 0.1) is 0 Å². The van der Waals surface area contributed by atoms with E-state index in [1.807, 2.05) is 0 Å². The summed E-state index contributed by atoms with van der Waals surface area (Å²) < 4.78 is 9.55. The number of unbranched alkanes of at least 4 members (excludes halogenated alkanes) is 1. The zero-order valence-corrected chi connectivity index (χ0v) is 19.5. The molecule has 21 heavy (non-hydrogen) atoms. The molecule has 0 aromatic rings. The van der Waals surface area contributed by atoms with Gasteiger partial charge in [0, 0.05) is 0 Å². The van der Waals surface area contributed by atoms with Crippen LogP contribution in [-0.4, -0.2) is 43.0 Å². The van der Waals surface area contributed by atoms with Crippen LogP contribution in [-0.2, 0) is 4.43 Å². The molecule has 0 spiro atoms. The Morgan fingerprint density at radius 2 is 1.71 bits per heavy atom. The Balaban J connectivity index is 5.27. The first-order valence-electron chi connectivity index (χ1n) is 8.42. The van der Waals surface area contributed by atoms with E-state index in [9.17, 15) is 0 Å². The summed E-state index contributed by atoms with van der Waals surface area (Å²) >= 11 is 0. The average Bonchev–Trinajstić information content (AvgIpc) is 2.25. The topological polar surface area (TPSA) is 12.5 Å². The van der Waals surface area contributed by atoms with Gasteiger partial charge in [-0.3, -0.25) is 0 Å². The van der Waals surface area contributed by atoms with Crippen molar-refractivity contribution in [3.05, 3.63) is 12.3 Å². The van der Waals surface area contributed by atoms with Crippen LogP contribution in [0.5, 0.6) is 0 Å². The summed E-state index contributed by atoms with van der Waals surface area (Å²) in [5, 5.41) is 0.274. The van der Waals surface area contributed by atoms with Crippen LogP contribution in [0.25, 0.3) is 0 Å². The summed E-state index contributed by atoms with van der Waals surface area (Å²) in [6.07, 6.45) is 2.52. The molecule has 0 saturated heterocycles. The van der Waals surface area contributed by atoms with Crippen LogP contribution < -0.4 is 0 Å². The van der Waals surface area contributed by atoms with Crippen LogP contribution in [0.15, 0.2) is 12.3 Å². The first-order chi connectivity index (χ1) is 9.36. The van der Waals surface area contributed by atoms with E-state index in [-0.39, 0.29) is 5.04 Å². The molecule has 0 bridgehead atoms.